The Hall–Kier alpha value is -0.480. The van der Waals surface area contributed by atoms with Crippen molar-refractivity contribution in [2.45, 2.75) is 11.4 Å². The first-order chi connectivity index (χ1) is 5.42. The van der Waals surface area contributed by atoms with Gasteiger partial charge in [-0.05, 0) is 6.92 Å². The molecule has 0 aromatic carbocycles. The van der Waals surface area contributed by atoms with E-state index < -0.39 is 16.4 Å². The molecule has 0 aliphatic carbocycles. The average Bonchev–Trinajstić information content (AvgIpc) is 2.15. The van der Waals surface area contributed by atoms with Gasteiger partial charge in [-0.1, -0.05) is 23.2 Å². The van der Waals surface area contributed by atoms with Crippen molar-refractivity contribution >= 4 is 35.1 Å². The molecule has 0 aromatic rings. The quantitative estimate of drug-likeness (QED) is 0.369. The fourth-order valence-electron chi connectivity index (χ4n) is 0.973. The summed E-state index contributed by atoms with van der Waals surface area (Å²) >= 11 is 11.2. The summed E-state index contributed by atoms with van der Waals surface area (Å²) in [5.41, 5.74) is 0. The third-order valence-electron chi connectivity index (χ3n) is 1.76. The minimum absolute atomic E-state index is 0.281. The molecule has 3 amide bonds. The standard InChI is InChI=1S/C6H8Cl2N2O2/c1-3-10-4(11)6(7,8)9(2)5(10)12/h3H2,1-2H3. The number of carbonyl (C=O) groups excluding carboxylic acids is 2. The molecule has 0 unspecified atom stereocenters. The number of carbonyl (C=O) groups is 2. The number of halogens is 2. The van der Waals surface area contributed by atoms with Gasteiger partial charge in [0.25, 0.3) is 10.4 Å². The van der Waals surface area contributed by atoms with E-state index in [4.69, 9.17) is 23.2 Å². The van der Waals surface area contributed by atoms with Gasteiger partial charge < -0.3 is 0 Å². The van der Waals surface area contributed by atoms with E-state index in [0.717, 1.165) is 9.80 Å². The van der Waals surface area contributed by atoms with Crippen molar-refractivity contribution in [1.29, 1.82) is 0 Å². The predicted octanol–water partition coefficient (Wildman–Crippen LogP) is 1.03. The number of hydrogen-bond donors (Lipinski definition) is 0. The van der Waals surface area contributed by atoms with Gasteiger partial charge >= 0.3 is 6.03 Å². The first-order valence-corrected chi connectivity index (χ1v) is 4.16. The molecule has 6 heteroatoms. The molecule has 0 atom stereocenters. The normalized spacial score (nSPS) is 22.3. The highest BCUT2D eigenvalue weighted by molar-refractivity contribution is 6.60. The molecular weight excluding hydrogens is 203 g/mol. The number of amides is 3. The third kappa shape index (κ3) is 1.06. The van der Waals surface area contributed by atoms with Crippen LogP contribution in [0.15, 0.2) is 0 Å². The average molecular weight is 211 g/mol. The number of likely N-dealkylation sites (N-methyl/N-ethyl adjacent to an activating group) is 2. The fraction of sp³-hybridized carbons (Fsp3) is 0.667. The minimum atomic E-state index is -1.73. The van der Waals surface area contributed by atoms with Gasteiger partial charge in [0.15, 0.2) is 0 Å². The summed E-state index contributed by atoms with van der Waals surface area (Å²) in [6, 6.07) is -0.465. The SMILES string of the molecule is CCN1C(=O)N(C)C(Cl)(Cl)C1=O. The second-order valence-corrected chi connectivity index (χ2v) is 3.72. The second-order valence-electron chi connectivity index (χ2n) is 2.43. The maximum Gasteiger partial charge on any atom is 0.329 e. The largest absolute Gasteiger partial charge is 0.329 e. The lowest BCUT2D eigenvalue weighted by Gasteiger charge is -2.16. The molecule has 12 heavy (non-hydrogen) atoms. The van der Waals surface area contributed by atoms with Crippen molar-refractivity contribution in [3.8, 4) is 0 Å². The van der Waals surface area contributed by atoms with E-state index in [-0.39, 0.29) is 6.54 Å². The van der Waals surface area contributed by atoms with E-state index in [1.807, 2.05) is 0 Å². The maximum atomic E-state index is 11.3. The van der Waals surface area contributed by atoms with Gasteiger partial charge in [-0.25, -0.2) is 4.79 Å². The van der Waals surface area contributed by atoms with Crippen molar-refractivity contribution < 1.29 is 9.59 Å². The third-order valence-corrected chi connectivity index (χ3v) is 2.59. The van der Waals surface area contributed by atoms with Crippen LogP contribution < -0.4 is 0 Å². The Morgan fingerprint density at radius 3 is 2.08 bits per heavy atom. The van der Waals surface area contributed by atoms with Crippen LogP contribution in [-0.2, 0) is 4.79 Å². The molecule has 0 bridgehead atoms. The van der Waals surface area contributed by atoms with Gasteiger partial charge in [-0.3, -0.25) is 14.6 Å². The van der Waals surface area contributed by atoms with Gasteiger partial charge in [0.05, 0.1) is 0 Å². The highest BCUT2D eigenvalue weighted by atomic mass is 35.5. The van der Waals surface area contributed by atoms with E-state index in [9.17, 15) is 9.59 Å². The van der Waals surface area contributed by atoms with Crippen molar-refractivity contribution in [2.75, 3.05) is 13.6 Å². The second kappa shape index (κ2) is 2.78. The highest BCUT2D eigenvalue weighted by Gasteiger charge is 2.53. The van der Waals surface area contributed by atoms with Crippen LogP contribution in [0.2, 0.25) is 0 Å². The van der Waals surface area contributed by atoms with Crippen LogP contribution >= 0.6 is 23.2 Å². The number of alkyl halides is 2. The number of urea groups is 1. The van der Waals surface area contributed by atoms with E-state index in [1.54, 1.807) is 6.92 Å². The van der Waals surface area contributed by atoms with Crippen molar-refractivity contribution in [1.82, 2.24) is 9.80 Å². The van der Waals surface area contributed by atoms with Crippen LogP contribution in [-0.4, -0.2) is 39.8 Å². The number of rotatable bonds is 1. The van der Waals surface area contributed by atoms with Gasteiger partial charge in [0.1, 0.15) is 0 Å². The highest BCUT2D eigenvalue weighted by Crippen LogP contribution is 2.33. The molecule has 0 saturated carbocycles. The Balaban J connectivity index is 3.02. The summed E-state index contributed by atoms with van der Waals surface area (Å²) in [7, 11) is 1.38. The van der Waals surface area contributed by atoms with Crippen molar-refractivity contribution in [3.05, 3.63) is 0 Å². The molecule has 1 fully saturated rings. The molecule has 1 heterocycles. The molecule has 0 spiro atoms. The first-order valence-electron chi connectivity index (χ1n) is 3.40. The van der Waals surface area contributed by atoms with Crippen LogP contribution in [0.25, 0.3) is 0 Å². The summed E-state index contributed by atoms with van der Waals surface area (Å²) in [6.45, 7) is 1.96. The molecule has 0 aromatic heterocycles. The zero-order valence-corrected chi connectivity index (χ0v) is 8.19. The molecule has 1 aliphatic rings. The zero-order valence-electron chi connectivity index (χ0n) is 6.67. The van der Waals surface area contributed by atoms with Crippen LogP contribution in [0, 0.1) is 0 Å². The summed E-state index contributed by atoms with van der Waals surface area (Å²) in [5.74, 6) is -0.583. The molecular formula is C6H8Cl2N2O2. The van der Waals surface area contributed by atoms with Crippen LogP contribution in [0.3, 0.4) is 0 Å². The van der Waals surface area contributed by atoms with Gasteiger partial charge in [-0.15, -0.1) is 0 Å². The van der Waals surface area contributed by atoms with Crippen LogP contribution in [0.1, 0.15) is 6.92 Å². The Labute approximate surface area is 80.0 Å². The number of hydrogen-bond acceptors (Lipinski definition) is 2. The summed E-state index contributed by atoms with van der Waals surface area (Å²) in [4.78, 5) is 24.5. The summed E-state index contributed by atoms with van der Waals surface area (Å²) < 4.78 is -1.73. The molecule has 68 valence electrons. The Kier molecular flexibility index (Phi) is 2.23. The lowest BCUT2D eigenvalue weighted by Crippen LogP contribution is -2.36. The van der Waals surface area contributed by atoms with Gasteiger partial charge in [-0.2, -0.15) is 0 Å². The Morgan fingerprint density at radius 1 is 1.42 bits per heavy atom. The Morgan fingerprint density at radius 2 is 1.92 bits per heavy atom. The van der Waals surface area contributed by atoms with Crippen molar-refractivity contribution in [2.24, 2.45) is 0 Å². The van der Waals surface area contributed by atoms with Crippen molar-refractivity contribution in [3.63, 3.8) is 0 Å². The van der Waals surface area contributed by atoms with E-state index in [2.05, 4.69) is 0 Å². The molecule has 1 rings (SSSR count). The van der Waals surface area contributed by atoms with Crippen LogP contribution in [0.5, 0.6) is 0 Å². The van der Waals surface area contributed by atoms with Gasteiger partial charge in [0, 0.05) is 13.6 Å². The summed E-state index contributed by atoms with van der Waals surface area (Å²) in [5, 5.41) is 0. The maximum absolute atomic E-state index is 11.3. The molecule has 4 nitrogen and oxygen atoms in total. The lowest BCUT2D eigenvalue weighted by molar-refractivity contribution is -0.127. The molecule has 0 radical (unpaired) electrons. The number of nitrogens with zero attached hydrogens (tertiary/aromatic N) is 2. The zero-order chi connectivity index (χ0) is 9.52. The first kappa shape index (κ1) is 9.61. The topological polar surface area (TPSA) is 40.6 Å². The monoisotopic (exact) mass is 210 g/mol. The lowest BCUT2D eigenvalue weighted by atomic mass is 10.5. The van der Waals surface area contributed by atoms with Gasteiger partial charge in [0.2, 0.25) is 0 Å². The summed E-state index contributed by atoms with van der Waals surface area (Å²) in [6.07, 6.45) is 0. The predicted molar refractivity (Wildman–Crippen MR) is 45.0 cm³/mol. The van der Waals surface area contributed by atoms with Crippen LogP contribution in [0.4, 0.5) is 4.79 Å². The van der Waals surface area contributed by atoms with E-state index in [0.29, 0.717) is 0 Å². The number of imide groups is 1. The molecule has 0 N–H and O–H groups in total. The smallest absolute Gasteiger partial charge is 0.287 e. The van der Waals surface area contributed by atoms with E-state index in [1.165, 1.54) is 7.05 Å². The van der Waals surface area contributed by atoms with E-state index >= 15 is 0 Å². The molecule has 1 aliphatic heterocycles. The minimum Gasteiger partial charge on any atom is -0.287 e. The molecule has 1 saturated heterocycles. The fourth-order valence-corrected chi connectivity index (χ4v) is 1.32. The Bertz CT molecular complexity index is 242.